The minimum Gasteiger partial charge on any atom is -0.457 e. The molecule has 1 atom stereocenters. The third-order valence-electron chi connectivity index (χ3n) is 3.38. The second-order valence-electron chi connectivity index (χ2n) is 6.90. The van der Waals surface area contributed by atoms with Gasteiger partial charge >= 0.3 is 11.9 Å². The van der Waals surface area contributed by atoms with Crippen LogP contribution in [0.5, 0.6) is 0 Å². The average molecular weight is 387 g/mol. The molecule has 1 rings (SSSR count). The van der Waals surface area contributed by atoms with Crippen molar-refractivity contribution in [2.45, 2.75) is 58.2 Å². The van der Waals surface area contributed by atoms with E-state index in [1.54, 1.807) is 20.8 Å². The summed E-state index contributed by atoms with van der Waals surface area (Å²) >= 11 is 0. The molecule has 0 amide bonds. The second-order valence-corrected chi connectivity index (χ2v) is 6.90. The van der Waals surface area contributed by atoms with Crippen molar-refractivity contribution in [2.75, 3.05) is 13.2 Å². The van der Waals surface area contributed by atoms with Gasteiger partial charge in [-0.25, -0.2) is 4.79 Å². The van der Waals surface area contributed by atoms with Crippen molar-refractivity contribution >= 4 is 24.3 Å². The van der Waals surface area contributed by atoms with Gasteiger partial charge in [-0.05, 0) is 45.7 Å². The van der Waals surface area contributed by atoms with E-state index in [1.165, 1.54) is 0 Å². The average Bonchev–Trinajstić information content (AvgIpc) is 2.55. The first kappa shape index (κ1) is 24.4. The normalized spacial score (nSPS) is 12.0. The van der Waals surface area contributed by atoms with Crippen LogP contribution in [0.25, 0.3) is 0 Å². The van der Waals surface area contributed by atoms with E-state index >= 15 is 0 Å². The van der Waals surface area contributed by atoms with E-state index in [-0.39, 0.29) is 19.0 Å². The highest BCUT2D eigenvalue weighted by Gasteiger charge is 2.22. The maximum atomic E-state index is 12.3. The first-order valence-electron chi connectivity index (χ1n) is 8.67. The van der Waals surface area contributed by atoms with E-state index in [1.807, 2.05) is 30.3 Å². The molecule has 0 saturated heterocycles. The Morgan fingerprint density at radius 3 is 2.38 bits per heavy atom. The number of esters is 2. The van der Waals surface area contributed by atoms with Crippen molar-refractivity contribution in [2.24, 2.45) is 5.73 Å². The van der Waals surface area contributed by atoms with E-state index in [2.05, 4.69) is 5.32 Å². The van der Waals surface area contributed by atoms with Crippen LogP contribution in [-0.2, 0) is 25.6 Å². The summed E-state index contributed by atoms with van der Waals surface area (Å²) in [6, 6.07) is 9.32. The Labute approximate surface area is 162 Å². The minimum atomic E-state index is -0.602. The van der Waals surface area contributed by atoms with Gasteiger partial charge in [0.25, 0.3) is 0 Å². The SMILES string of the molecule is CC(C)(C)OC(=O)COC(=O)[C@H](CCCCN)NCc1ccccc1.Cl. The zero-order valence-corrected chi connectivity index (χ0v) is 16.6. The zero-order valence-electron chi connectivity index (χ0n) is 15.8. The fraction of sp³-hybridized carbons (Fsp3) is 0.579. The van der Waals surface area contributed by atoms with Gasteiger partial charge in [-0.15, -0.1) is 12.4 Å². The zero-order chi connectivity index (χ0) is 18.7. The van der Waals surface area contributed by atoms with Crippen molar-refractivity contribution in [3.8, 4) is 0 Å². The number of ether oxygens (including phenoxy) is 2. The van der Waals surface area contributed by atoms with Crippen molar-refractivity contribution < 1.29 is 19.1 Å². The van der Waals surface area contributed by atoms with E-state index in [9.17, 15) is 9.59 Å². The smallest absolute Gasteiger partial charge is 0.344 e. The number of hydrogen-bond donors (Lipinski definition) is 2. The molecule has 0 aliphatic rings. The Kier molecular flexibility index (Phi) is 11.9. The Bertz CT molecular complexity index is 532. The summed E-state index contributed by atoms with van der Waals surface area (Å²) < 4.78 is 10.3. The Morgan fingerprint density at radius 2 is 1.81 bits per heavy atom. The third-order valence-corrected chi connectivity index (χ3v) is 3.38. The van der Waals surface area contributed by atoms with Crippen molar-refractivity contribution in [1.82, 2.24) is 5.32 Å². The molecule has 26 heavy (non-hydrogen) atoms. The third kappa shape index (κ3) is 11.1. The lowest BCUT2D eigenvalue weighted by atomic mass is 10.1. The summed E-state index contributed by atoms with van der Waals surface area (Å²) in [6.45, 7) is 6.06. The highest BCUT2D eigenvalue weighted by molar-refractivity contribution is 5.85. The van der Waals surface area contributed by atoms with Crippen LogP contribution >= 0.6 is 12.4 Å². The second kappa shape index (κ2) is 12.7. The molecule has 0 aliphatic heterocycles. The van der Waals surface area contributed by atoms with Gasteiger partial charge in [-0.1, -0.05) is 36.8 Å². The number of nitrogens with one attached hydrogen (secondary N) is 1. The molecular weight excluding hydrogens is 356 g/mol. The molecule has 0 spiro atoms. The molecule has 148 valence electrons. The van der Waals surface area contributed by atoms with E-state index in [0.29, 0.717) is 19.5 Å². The van der Waals surface area contributed by atoms with Gasteiger partial charge in [0.15, 0.2) is 6.61 Å². The van der Waals surface area contributed by atoms with Gasteiger partial charge in [0.05, 0.1) is 0 Å². The van der Waals surface area contributed by atoms with Crippen LogP contribution in [0.4, 0.5) is 0 Å². The van der Waals surface area contributed by atoms with Crippen LogP contribution < -0.4 is 11.1 Å². The van der Waals surface area contributed by atoms with Crippen molar-refractivity contribution in [1.29, 1.82) is 0 Å². The molecule has 3 N–H and O–H groups in total. The maximum Gasteiger partial charge on any atom is 0.344 e. The fourth-order valence-electron chi connectivity index (χ4n) is 2.23. The molecule has 1 aromatic carbocycles. The predicted molar refractivity (Wildman–Crippen MR) is 104 cm³/mol. The van der Waals surface area contributed by atoms with Gasteiger partial charge in [-0.3, -0.25) is 4.79 Å². The molecule has 0 bridgehead atoms. The highest BCUT2D eigenvalue weighted by atomic mass is 35.5. The van der Waals surface area contributed by atoms with Gasteiger partial charge in [0, 0.05) is 6.54 Å². The number of carbonyl (C=O) groups is 2. The minimum absolute atomic E-state index is 0. The van der Waals surface area contributed by atoms with Crippen molar-refractivity contribution in [3.05, 3.63) is 35.9 Å². The van der Waals surface area contributed by atoms with Gasteiger partial charge in [0.2, 0.25) is 0 Å². The molecule has 0 fully saturated rings. The van der Waals surface area contributed by atoms with Crippen LogP contribution in [-0.4, -0.2) is 36.7 Å². The number of nitrogens with two attached hydrogens (primary N) is 1. The van der Waals surface area contributed by atoms with Crippen LogP contribution in [0.15, 0.2) is 30.3 Å². The standard InChI is InChI=1S/C19H30N2O4.ClH/c1-19(2,3)25-17(22)14-24-18(23)16(11-7-8-12-20)21-13-15-9-5-4-6-10-15;/h4-6,9-10,16,21H,7-8,11-14,20H2,1-3H3;1H/t16-;/m0./s1. The number of hydrogen-bond acceptors (Lipinski definition) is 6. The van der Waals surface area contributed by atoms with Gasteiger partial charge < -0.3 is 20.5 Å². The van der Waals surface area contributed by atoms with Crippen LogP contribution in [0.1, 0.15) is 45.6 Å². The molecule has 0 aliphatic carbocycles. The van der Waals surface area contributed by atoms with Gasteiger partial charge in [0.1, 0.15) is 11.6 Å². The highest BCUT2D eigenvalue weighted by Crippen LogP contribution is 2.08. The maximum absolute atomic E-state index is 12.3. The van der Waals surface area contributed by atoms with E-state index in [0.717, 1.165) is 18.4 Å². The molecule has 7 heteroatoms. The predicted octanol–water partition coefficient (Wildman–Crippen LogP) is 2.58. The van der Waals surface area contributed by atoms with Crippen molar-refractivity contribution in [3.63, 3.8) is 0 Å². The lowest BCUT2D eigenvalue weighted by molar-refractivity contribution is -0.167. The molecule has 6 nitrogen and oxygen atoms in total. The van der Waals surface area contributed by atoms with E-state index in [4.69, 9.17) is 15.2 Å². The molecule has 0 unspecified atom stereocenters. The summed E-state index contributed by atoms with van der Waals surface area (Å²) in [5.74, 6) is -0.997. The first-order chi connectivity index (χ1) is 11.8. The Morgan fingerprint density at radius 1 is 1.15 bits per heavy atom. The summed E-state index contributed by atoms with van der Waals surface area (Å²) in [4.78, 5) is 24.0. The lowest BCUT2D eigenvalue weighted by Gasteiger charge is -2.21. The summed E-state index contributed by atoms with van der Waals surface area (Å²) in [7, 11) is 0. The molecule has 0 radical (unpaired) electrons. The van der Waals surface area contributed by atoms with Crippen LogP contribution in [0, 0.1) is 0 Å². The molecular formula is C19H31ClN2O4. The van der Waals surface area contributed by atoms with E-state index < -0.39 is 23.6 Å². The summed E-state index contributed by atoms with van der Waals surface area (Å²) in [5.41, 5.74) is 5.99. The monoisotopic (exact) mass is 386 g/mol. The van der Waals surface area contributed by atoms with Gasteiger partial charge in [-0.2, -0.15) is 0 Å². The Hall–Kier alpha value is -1.63. The molecule has 0 saturated carbocycles. The summed E-state index contributed by atoms with van der Waals surface area (Å²) in [6.07, 6.45) is 2.25. The Balaban J connectivity index is 0.00000625. The fourth-order valence-corrected chi connectivity index (χ4v) is 2.23. The quantitative estimate of drug-likeness (QED) is 0.474. The lowest BCUT2D eigenvalue weighted by Crippen LogP contribution is -2.39. The molecule has 1 aromatic rings. The number of rotatable bonds is 10. The van der Waals surface area contributed by atoms with Crippen LogP contribution in [0.2, 0.25) is 0 Å². The number of carbonyl (C=O) groups excluding carboxylic acids is 2. The largest absolute Gasteiger partial charge is 0.457 e. The number of unbranched alkanes of at least 4 members (excludes halogenated alkanes) is 1. The number of halogens is 1. The number of benzene rings is 1. The molecule has 0 aromatic heterocycles. The first-order valence-corrected chi connectivity index (χ1v) is 8.67. The topological polar surface area (TPSA) is 90.7 Å². The van der Waals surface area contributed by atoms with Crippen LogP contribution in [0.3, 0.4) is 0 Å². The summed E-state index contributed by atoms with van der Waals surface area (Å²) in [5, 5.41) is 3.20. The molecule has 0 heterocycles.